The topological polar surface area (TPSA) is 80.6 Å². The molecular weight excluding hydrogens is 296 g/mol. The van der Waals surface area contributed by atoms with Crippen LogP contribution in [0.15, 0.2) is 35.1 Å². The number of nitrogens with one attached hydrogen (secondary N) is 1. The minimum Gasteiger partial charge on any atom is -0.508 e. The van der Waals surface area contributed by atoms with Gasteiger partial charge in [-0.15, -0.1) is 0 Å². The first kappa shape index (κ1) is 15.1. The van der Waals surface area contributed by atoms with Crippen LogP contribution in [-0.2, 0) is 11.3 Å². The molecule has 1 aliphatic heterocycles. The molecule has 23 heavy (non-hydrogen) atoms. The first-order valence-electron chi connectivity index (χ1n) is 7.37. The van der Waals surface area contributed by atoms with Crippen LogP contribution in [0.1, 0.15) is 22.9 Å². The number of benzene rings is 1. The van der Waals surface area contributed by atoms with E-state index in [2.05, 4.69) is 5.32 Å². The first-order chi connectivity index (χ1) is 10.9. The molecule has 2 N–H and O–H groups in total. The van der Waals surface area contributed by atoms with Crippen LogP contribution in [0.3, 0.4) is 0 Å². The molecule has 6 nitrogen and oxygen atoms in total. The lowest BCUT2D eigenvalue weighted by Crippen LogP contribution is -2.35. The molecule has 0 fully saturated rings. The maximum absolute atomic E-state index is 12.3. The van der Waals surface area contributed by atoms with Gasteiger partial charge in [0.05, 0.1) is 6.04 Å². The Balaban J connectivity index is 1.75. The second-order valence-electron chi connectivity index (χ2n) is 5.75. The van der Waals surface area contributed by atoms with E-state index >= 15 is 0 Å². The van der Waals surface area contributed by atoms with Crippen LogP contribution in [0.25, 0.3) is 0 Å². The molecule has 0 bridgehead atoms. The Bertz CT molecular complexity index is 826. The van der Waals surface area contributed by atoms with E-state index in [4.69, 9.17) is 4.74 Å². The molecule has 120 valence electrons. The Kier molecular flexibility index (Phi) is 3.82. The fourth-order valence-corrected chi connectivity index (χ4v) is 2.75. The second-order valence-corrected chi connectivity index (χ2v) is 5.75. The summed E-state index contributed by atoms with van der Waals surface area (Å²) in [5.41, 5.74) is 2.17. The van der Waals surface area contributed by atoms with Gasteiger partial charge in [0.1, 0.15) is 24.7 Å². The summed E-state index contributed by atoms with van der Waals surface area (Å²) in [5.74, 6) is 0.403. The van der Waals surface area contributed by atoms with E-state index in [1.54, 1.807) is 6.92 Å². The molecule has 2 aromatic rings. The van der Waals surface area contributed by atoms with Crippen molar-refractivity contribution in [2.75, 3.05) is 6.61 Å². The van der Waals surface area contributed by atoms with Crippen LogP contribution in [-0.4, -0.2) is 22.2 Å². The van der Waals surface area contributed by atoms with Gasteiger partial charge in [0, 0.05) is 17.3 Å². The normalized spacial score (nSPS) is 15.8. The summed E-state index contributed by atoms with van der Waals surface area (Å²) >= 11 is 0. The molecule has 0 saturated heterocycles. The number of rotatable bonds is 3. The van der Waals surface area contributed by atoms with Gasteiger partial charge in [-0.2, -0.15) is 0 Å². The number of aromatic nitrogens is 1. The van der Waals surface area contributed by atoms with Crippen molar-refractivity contribution in [3.63, 3.8) is 0 Å². The van der Waals surface area contributed by atoms with Gasteiger partial charge in [0.2, 0.25) is 5.91 Å². The van der Waals surface area contributed by atoms with Gasteiger partial charge in [0.25, 0.3) is 5.56 Å². The number of nitrogens with zero attached hydrogens (tertiary/aromatic N) is 1. The van der Waals surface area contributed by atoms with Gasteiger partial charge in [-0.05, 0) is 26.0 Å². The largest absolute Gasteiger partial charge is 0.508 e. The zero-order valence-corrected chi connectivity index (χ0v) is 13.0. The average Bonchev–Trinajstić information content (AvgIpc) is 2.85. The third-order valence-electron chi connectivity index (χ3n) is 3.90. The quantitative estimate of drug-likeness (QED) is 0.898. The summed E-state index contributed by atoms with van der Waals surface area (Å²) in [7, 11) is 0. The molecule has 1 amide bonds. The van der Waals surface area contributed by atoms with Gasteiger partial charge in [-0.1, -0.05) is 17.7 Å². The number of amides is 1. The van der Waals surface area contributed by atoms with Crippen LogP contribution in [0.4, 0.5) is 0 Å². The number of aryl methyl sites for hydroxylation is 2. The van der Waals surface area contributed by atoms with Gasteiger partial charge < -0.3 is 19.7 Å². The minimum atomic E-state index is -0.406. The van der Waals surface area contributed by atoms with E-state index in [1.165, 1.54) is 10.6 Å². The lowest BCUT2D eigenvalue weighted by atomic mass is 10.1. The van der Waals surface area contributed by atoms with Crippen molar-refractivity contribution in [1.29, 1.82) is 0 Å². The number of fused-ring (bicyclic) bond motifs is 1. The number of carbonyl (C=O) groups excluding carboxylic acids is 1. The van der Waals surface area contributed by atoms with Crippen molar-refractivity contribution in [2.24, 2.45) is 0 Å². The van der Waals surface area contributed by atoms with Crippen LogP contribution in [0.2, 0.25) is 0 Å². The molecule has 0 radical (unpaired) electrons. The Labute approximate surface area is 133 Å². The van der Waals surface area contributed by atoms with Crippen molar-refractivity contribution in [2.45, 2.75) is 26.4 Å². The summed E-state index contributed by atoms with van der Waals surface area (Å²) in [4.78, 5) is 24.1. The Hall–Kier alpha value is -2.76. The molecule has 1 aromatic carbocycles. The van der Waals surface area contributed by atoms with E-state index in [9.17, 15) is 14.7 Å². The zero-order valence-electron chi connectivity index (χ0n) is 13.0. The van der Waals surface area contributed by atoms with Crippen molar-refractivity contribution in [1.82, 2.24) is 9.88 Å². The number of ether oxygens (including phenoxy) is 1. The Morgan fingerprint density at radius 2 is 2.13 bits per heavy atom. The van der Waals surface area contributed by atoms with E-state index in [0.717, 1.165) is 22.9 Å². The molecule has 1 aliphatic rings. The van der Waals surface area contributed by atoms with Gasteiger partial charge >= 0.3 is 0 Å². The molecule has 3 rings (SSSR count). The first-order valence-corrected chi connectivity index (χ1v) is 7.37. The summed E-state index contributed by atoms with van der Waals surface area (Å²) in [6.07, 6.45) is 0. The molecule has 1 atom stereocenters. The smallest absolute Gasteiger partial charge is 0.254 e. The van der Waals surface area contributed by atoms with E-state index < -0.39 is 5.56 Å². The maximum atomic E-state index is 12.3. The lowest BCUT2D eigenvalue weighted by Gasteiger charge is -2.14. The highest BCUT2D eigenvalue weighted by Gasteiger charge is 2.25. The number of hydrogen-bond acceptors (Lipinski definition) is 4. The zero-order chi connectivity index (χ0) is 16.6. The second kappa shape index (κ2) is 5.79. The van der Waals surface area contributed by atoms with E-state index in [0.29, 0.717) is 12.3 Å². The third kappa shape index (κ3) is 3.06. The predicted octanol–water partition coefficient (Wildman–Crippen LogP) is 1.42. The molecule has 2 heterocycles. The number of pyridine rings is 1. The van der Waals surface area contributed by atoms with E-state index in [1.807, 2.05) is 25.1 Å². The van der Waals surface area contributed by atoms with Crippen molar-refractivity contribution < 1.29 is 14.6 Å². The summed E-state index contributed by atoms with van der Waals surface area (Å²) in [5, 5.41) is 12.3. The lowest BCUT2D eigenvalue weighted by molar-refractivity contribution is -0.122. The van der Waals surface area contributed by atoms with Crippen molar-refractivity contribution in [3.05, 3.63) is 57.5 Å². The van der Waals surface area contributed by atoms with Crippen LogP contribution in [0, 0.1) is 13.8 Å². The Morgan fingerprint density at radius 3 is 2.87 bits per heavy atom. The predicted molar refractivity (Wildman–Crippen MR) is 84.7 cm³/mol. The maximum Gasteiger partial charge on any atom is 0.254 e. The van der Waals surface area contributed by atoms with Crippen molar-refractivity contribution in [3.8, 4) is 11.5 Å². The molecule has 6 heteroatoms. The van der Waals surface area contributed by atoms with Crippen molar-refractivity contribution >= 4 is 5.91 Å². The fourth-order valence-electron chi connectivity index (χ4n) is 2.75. The SMILES string of the molecule is Cc1ccc2c(c1)C(NC(=O)Cn1c(C)cc(O)cc1=O)CO2. The number of carbonyl (C=O) groups is 1. The molecule has 0 aliphatic carbocycles. The highest BCUT2D eigenvalue weighted by atomic mass is 16.5. The van der Waals surface area contributed by atoms with Gasteiger partial charge in [0.15, 0.2) is 0 Å². The standard InChI is InChI=1S/C17H18N2O4/c1-10-3-4-15-13(5-10)14(9-23-15)18-16(21)8-19-11(2)6-12(20)7-17(19)22/h3-7,14,20H,8-9H2,1-2H3,(H,18,21). The minimum absolute atomic E-state index is 0.0946. The number of hydrogen-bond donors (Lipinski definition) is 2. The molecule has 1 aromatic heterocycles. The van der Waals surface area contributed by atoms with Crippen LogP contribution in [0.5, 0.6) is 11.5 Å². The Morgan fingerprint density at radius 1 is 1.35 bits per heavy atom. The number of aromatic hydroxyl groups is 1. The highest BCUT2D eigenvalue weighted by molar-refractivity contribution is 5.76. The summed E-state index contributed by atoms with van der Waals surface area (Å²) in [6, 6.07) is 8.17. The molecular formula is C17H18N2O4. The summed E-state index contributed by atoms with van der Waals surface area (Å²) in [6.45, 7) is 3.94. The highest BCUT2D eigenvalue weighted by Crippen LogP contribution is 2.32. The molecule has 0 spiro atoms. The third-order valence-corrected chi connectivity index (χ3v) is 3.90. The van der Waals surface area contributed by atoms with Crippen LogP contribution >= 0.6 is 0 Å². The van der Waals surface area contributed by atoms with Crippen LogP contribution < -0.4 is 15.6 Å². The van der Waals surface area contributed by atoms with Gasteiger partial charge in [-0.3, -0.25) is 9.59 Å². The molecule has 1 unspecified atom stereocenters. The average molecular weight is 314 g/mol. The van der Waals surface area contributed by atoms with E-state index in [-0.39, 0.29) is 24.2 Å². The fraction of sp³-hybridized carbons (Fsp3) is 0.294. The summed E-state index contributed by atoms with van der Waals surface area (Å²) < 4.78 is 6.89. The van der Waals surface area contributed by atoms with Gasteiger partial charge in [-0.25, -0.2) is 0 Å². The molecule has 0 saturated carbocycles. The monoisotopic (exact) mass is 314 g/mol.